The maximum Gasteiger partial charge on any atom is 0.184 e. The summed E-state index contributed by atoms with van der Waals surface area (Å²) >= 11 is 0. The van der Waals surface area contributed by atoms with E-state index in [0.717, 1.165) is 30.6 Å². The summed E-state index contributed by atoms with van der Waals surface area (Å²) in [6.07, 6.45) is 3.07. The first-order valence-electron chi connectivity index (χ1n) is 6.97. The lowest BCUT2D eigenvalue weighted by molar-refractivity contribution is -0.168. The lowest BCUT2D eigenvalue weighted by atomic mass is 10.1. The van der Waals surface area contributed by atoms with E-state index >= 15 is 0 Å². The lowest BCUT2D eigenvalue weighted by Gasteiger charge is -2.22. The van der Waals surface area contributed by atoms with E-state index in [2.05, 4.69) is 12.1 Å². The van der Waals surface area contributed by atoms with Crippen molar-refractivity contribution in [2.45, 2.75) is 38.4 Å². The third kappa shape index (κ3) is 3.54. The van der Waals surface area contributed by atoms with Crippen molar-refractivity contribution in [3.63, 3.8) is 0 Å². The molecule has 2 aliphatic rings. The van der Waals surface area contributed by atoms with Crippen LogP contribution in [-0.4, -0.2) is 26.1 Å². The molecule has 2 heterocycles. The van der Waals surface area contributed by atoms with Crippen molar-refractivity contribution in [3.8, 4) is 0 Å². The highest BCUT2D eigenvalue weighted by atomic mass is 16.7. The summed E-state index contributed by atoms with van der Waals surface area (Å²) in [4.78, 5) is 0. The zero-order chi connectivity index (χ0) is 12.9. The topological polar surface area (TPSA) is 36.9 Å². The Balaban J connectivity index is 1.56. The number of benzene rings is 1. The van der Waals surface area contributed by atoms with E-state index in [1.54, 1.807) is 0 Å². The Hall–Kier alpha value is -0.940. The molecule has 2 saturated heterocycles. The van der Waals surface area contributed by atoms with E-state index < -0.39 is 0 Å². The molecule has 0 spiro atoms. The van der Waals surface area contributed by atoms with Crippen molar-refractivity contribution in [1.82, 2.24) is 0 Å². The van der Waals surface area contributed by atoms with Gasteiger partial charge in [-0.3, -0.25) is 0 Å². The number of hydrogen-bond acceptors (Lipinski definition) is 4. The molecule has 2 fully saturated rings. The second kappa shape index (κ2) is 6.48. The summed E-state index contributed by atoms with van der Waals surface area (Å²) in [5, 5.41) is 0. The minimum Gasteiger partial charge on any atom is -0.353 e. The van der Waals surface area contributed by atoms with Crippen LogP contribution in [0.15, 0.2) is 24.3 Å². The summed E-state index contributed by atoms with van der Waals surface area (Å²) in [6.45, 7) is 2.72. The molecule has 1 aromatic carbocycles. The molecule has 0 radical (unpaired) electrons. The van der Waals surface area contributed by atoms with E-state index in [1.807, 2.05) is 12.1 Å². The smallest absolute Gasteiger partial charge is 0.184 e. The predicted molar refractivity (Wildman–Crippen MR) is 69.5 cm³/mol. The first-order valence-corrected chi connectivity index (χ1v) is 6.97. The summed E-state index contributed by atoms with van der Waals surface area (Å²) in [5.41, 5.74) is 2.19. The van der Waals surface area contributed by atoms with Crippen LogP contribution in [-0.2, 0) is 25.6 Å². The lowest BCUT2D eigenvalue weighted by Crippen LogP contribution is -2.22. The SMILES string of the molecule is c1cc(COC2CCCCO2)cc(C2OCCO2)c1. The van der Waals surface area contributed by atoms with Crippen molar-refractivity contribution in [2.24, 2.45) is 0 Å². The van der Waals surface area contributed by atoms with Gasteiger partial charge in [0, 0.05) is 12.2 Å². The van der Waals surface area contributed by atoms with Gasteiger partial charge in [0.2, 0.25) is 0 Å². The monoisotopic (exact) mass is 264 g/mol. The van der Waals surface area contributed by atoms with Crippen molar-refractivity contribution < 1.29 is 18.9 Å². The van der Waals surface area contributed by atoms with Crippen molar-refractivity contribution in [2.75, 3.05) is 19.8 Å². The maximum absolute atomic E-state index is 5.78. The fourth-order valence-corrected chi connectivity index (χ4v) is 2.41. The zero-order valence-electron chi connectivity index (χ0n) is 11.0. The fraction of sp³-hybridized carbons (Fsp3) is 0.600. The molecule has 0 bridgehead atoms. The standard InChI is InChI=1S/C15H20O4/c1-2-7-16-14(6-1)19-11-12-4-3-5-13(10-12)15-17-8-9-18-15/h3-5,10,14-15H,1-2,6-9,11H2. The molecule has 0 N–H and O–H groups in total. The van der Waals surface area contributed by atoms with Gasteiger partial charge in [-0.25, -0.2) is 0 Å². The third-order valence-corrected chi connectivity index (χ3v) is 3.42. The number of rotatable bonds is 4. The number of hydrogen-bond donors (Lipinski definition) is 0. The Labute approximate surface area is 113 Å². The van der Waals surface area contributed by atoms with Gasteiger partial charge in [0.05, 0.1) is 19.8 Å². The van der Waals surface area contributed by atoms with Crippen molar-refractivity contribution >= 4 is 0 Å². The van der Waals surface area contributed by atoms with Gasteiger partial charge in [-0.1, -0.05) is 18.2 Å². The summed E-state index contributed by atoms with van der Waals surface area (Å²) in [7, 11) is 0. The van der Waals surface area contributed by atoms with E-state index in [9.17, 15) is 0 Å². The van der Waals surface area contributed by atoms with Gasteiger partial charge in [-0.05, 0) is 30.9 Å². The van der Waals surface area contributed by atoms with E-state index in [-0.39, 0.29) is 12.6 Å². The van der Waals surface area contributed by atoms with Crippen LogP contribution in [0, 0.1) is 0 Å². The Kier molecular flexibility index (Phi) is 4.45. The molecule has 1 aromatic rings. The second-order valence-corrected chi connectivity index (χ2v) is 4.93. The average molecular weight is 264 g/mol. The average Bonchev–Trinajstić information content (AvgIpc) is 3.01. The molecule has 0 amide bonds. The fourth-order valence-electron chi connectivity index (χ4n) is 2.41. The Bertz CT molecular complexity index is 395. The van der Waals surface area contributed by atoms with Gasteiger partial charge >= 0.3 is 0 Å². The summed E-state index contributed by atoms with van der Waals surface area (Å²) in [5.74, 6) is 0. The highest BCUT2D eigenvalue weighted by Gasteiger charge is 2.19. The highest BCUT2D eigenvalue weighted by molar-refractivity contribution is 5.24. The van der Waals surface area contributed by atoms with E-state index in [4.69, 9.17) is 18.9 Å². The van der Waals surface area contributed by atoms with Crippen LogP contribution >= 0.6 is 0 Å². The molecule has 4 heteroatoms. The van der Waals surface area contributed by atoms with Gasteiger partial charge in [0.15, 0.2) is 12.6 Å². The van der Waals surface area contributed by atoms with Crippen LogP contribution in [0.5, 0.6) is 0 Å². The van der Waals surface area contributed by atoms with Gasteiger partial charge in [-0.2, -0.15) is 0 Å². The molecular formula is C15H20O4. The molecule has 3 rings (SSSR count). The minimum absolute atomic E-state index is 0.0450. The molecule has 0 aliphatic carbocycles. The van der Waals surface area contributed by atoms with Gasteiger partial charge in [-0.15, -0.1) is 0 Å². The molecule has 1 atom stereocenters. The Morgan fingerprint density at radius 1 is 1.05 bits per heavy atom. The first-order chi connectivity index (χ1) is 9.42. The number of ether oxygens (including phenoxy) is 4. The molecule has 4 nitrogen and oxygen atoms in total. The Morgan fingerprint density at radius 2 is 1.95 bits per heavy atom. The molecule has 19 heavy (non-hydrogen) atoms. The first kappa shape index (κ1) is 13.1. The van der Waals surface area contributed by atoms with Crippen LogP contribution in [0.2, 0.25) is 0 Å². The van der Waals surface area contributed by atoms with E-state index in [0.29, 0.717) is 19.8 Å². The van der Waals surface area contributed by atoms with Crippen LogP contribution in [0.3, 0.4) is 0 Å². The third-order valence-electron chi connectivity index (χ3n) is 3.42. The molecular weight excluding hydrogens is 244 g/mol. The maximum atomic E-state index is 5.78. The largest absolute Gasteiger partial charge is 0.353 e. The van der Waals surface area contributed by atoms with Crippen LogP contribution < -0.4 is 0 Å². The van der Waals surface area contributed by atoms with Crippen LogP contribution in [0.1, 0.15) is 36.7 Å². The summed E-state index contributed by atoms with van der Waals surface area (Å²) < 4.78 is 22.3. The quantitative estimate of drug-likeness (QED) is 0.838. The normalized spacial score (nSPS) is 24.7. The molecule has 2 aliphatic heterocycles. The Morgan fingerprint density at radius 3 is 2.74 bits per heavy atom. The van der Waals surface area contributed by atoms with Gasteiger partial charge in [0.1, 0.15) is 0 Å². The van der Waals surface area contributed by atoms with Gasteiger partial charge in [0.25, 0.3) is 0 Å². The minimum atomic E-state index is -0.217. The van der Waals surface area contributed by atoms with Crippen molar-refractivity contribution in [1.29, 1.82) is 0 Å². The molecule has 1 unspecified atom stereocenters. The predicted octanol–water partition coefficient (Wildman–Crippen LogP) is 2.78. The molecule has 104 valence electrons. The van der Waals surface area contributed by atoms with E-state index in [1.165, 1.54) is 6.42 Å². The van der Waals surface area contributed by atoms with Crippen LogP contribution in [0.25, 0.3) is 0 Å². The van der Waals surface area contributed by atoms with Gasteiger partial charge < -0.3 is 18.9 Å². The van der Waals surface area contributed by atoms with Crippen molar-refractivity contribution in [3.05, 3.63) is 35.4 Å². The molecule has 0 aromatic heterocycles. The molecule has 0 saturated carbocycles. The summed E-state index contributed by atoms with van der Waals surface area (Å²) in [6, 6.07) is 8.18. The van der Waals surface area contributed by atoms with Crippen LogP contribution in [0.4, 0.5) is 0 Å². The zero-order valence-corrected chi connectivity index (χ0v) is 11.0. The highest BCUT2D eigenvalue weighted by Crippen LogP contribution is 2.24. The second-order valence-electron chi connectivity index (χ2n) is 4.93.